The topological polar surface area (TPSA) is 89.8 Å². The number of esters is 1. The molecule has 0 atom stereocenters. The Morgan fingerprint density at radius 1 is 1.38 bits per heavy atom. The second-order valence-electron chi connectivity index (χ2n) is 4.01. The predicted octanol–water partition coefficient (Wildman–Crippen LogP) is 2.54. The van der Waals surface area contributed by atoms with Crippen LogP contribution in [0.4, 0.5) is 5.69 Å². The molecule has 1 amide bonds. The number of halogens is 2. The van der Waals surface area contributed by atoms with Gasteiger partial charge in [0.15, 0.2) is 0 Å². The lowest BCUT2D eigenvalue weighted by Crippen LogP contribution is -2.33. The van der Waals surface area contributed by atoms with Crippen LogP contribution in [0.1, 0.15) is 17.3 Å². The number of ether oxygens (including phenoxy) is 1. The molecule has 0 spiro atoms. The molecule has 0 saturated heterocycles. The molecule has 1 aromatic carbocycles. The molecule has 0 radical (unpaired) electrons. The van der Waals surface area contributed by atoms with Gasteiger partial charge in [0.25, 0.3) is 11.6 Å². The first-order valence-electron chi connectivity index (χ1n) is 5.82. The van der Waals surface area contributed by atoms with E-state index in [4.69, 9.17) is 27.9 Å². The largest absolute Gasteiger partial charge is 0.465 e. The number of carbonyl (C=O) groups excluding carboxylic acids is 2. The normalized spacial score (nSPS) is 10.1. The molecule has 21 heavy (non-hydrogen) atoms. The molecule has 0 aliphatic heterocycles. The number of non-ortho nitro benzene ring substituents is 1. The summed E-state index contributed by atoms with van der Waals surface area (Å²) in [5, 5.41) is 10.6. The number of benzene rings is 1. The number of carbonyl (C=O) groups is 2. The monoisotopic (exact) mass is 334 g/mol. The van der Waals surface area contributed by atoms with Gasteiger partial charge in [0.1, 0.15) is 6.54 Å². The van der Waals surface area contributed by atoms with E-state index in [0.29, 0.717) is 0 Å². The molecule has 1 aromatic rings. The molecule has 0 heterocycles. The summed E-state index contributed by atoms with van der Waals surface area (Å²) in [7, 11) is 1.35. The van der Waals surface area contributed by atoms with Crippen LogP contribution < -0.4 is 0 Å². The van der Waals surface area contributed by atoms with Gasteiger partial charge in [-0.1, -0.05) is 23.2 Å². The van der Waals surface area contributed by atoms with Crippen molar-refractivity contribution in [3.8, 4) is 0 Å². The van der Waals surface area contributed by atoms with Crippen LogP contribution in [-0.2, 0) is 9.53 Å². The third kappa shape index (κ3) is 4.30. The molecule has 0 aromatic heterocycles. The lowest BCUT2D eigenvalue weighted by Gasteiger charge is -2.17. The fourth-order valence-corrected chi connectivity index (χ4v) is 1.92. The van der Waals surface area contributed by atoms with Crippen molar-refractivity contribution in [2.75, 3.05) is 20.2 Å². The molecule has 7 nitrogen and oxygen atoms in total. The van der Waals surface area contributed by atoms with E-state index in [0.717, 1.165) is 17.0 Å². The number of hydrogen-bond donors (Lipinski definition) is 0. The van der Waals surface area contributed by atoms with Gasteiger partial charge in [0.2, 0.25) is 0 Å². The van der Waals surface area contributed by atoms with Gasteiger partial charge in [-0.15, -0.1) is 0 Å². The second kappa shape index (κ2) is 7.24. The van der Waals surface area contributed by atoms with Crippen LogP contribution in [0.3, 0.4) is 0 Å². The average molecular weight is 335 g/mol. The van der Waals surface area contributed by atoms with Crippen LogP contribution in [0, 0.1) is 10.1 Å². The predicted molar refractivity (Wildman–Crippen MR) is 76.7 cm³/mol. The van der Waals surface area contributed by atoms with Crippen molar-refractivity contribution in [2.24, 2.45) is 0 Å². The maximum atomic E-state index is 12.2. The van der Waals surface area contributed by atoms with Crippen molar-refractivity contribution in [3.63, 3.8) is 0 Å². The number of amides is 1. The van der Waals surface area contributed by atoms with E-state index >= 15 is 0 Å². The number of hydrogen-bond acceptors (Lipinski definition) is 5. The van der Waals surface area contributed by atoms with Crippen molar-refractivity contribution in [1.82, 2.24) is 4.90 Å². The highest BCUT2D eigenvalue weighted by atomic mass is 35.5. The third-order valence-corrected chi connectivity index (χ3v) is 3.27. The summed E-state index contributed by atoms with van der Waals surface area (Å²) < 4.78 is 4.71. The highest BCUT2D eigenvalue weighted by molar-refractivity contribution is 6.44. The Hall–Kier alpha value is -1.86. The quantitative estimate of drug-likeness (QED) is 0.469. The number of nitro groups is 1. The molecule has 0 saturated carbocycles. The molecule has 0 aliphatic rings. The highest BCUT2D eigenvalue weighted by Crippen LogP contribution is 2.31. The summed E-state index contributed by atoms with van der Waals surface area (Å²) in [6, 6.07) is 2.06. The van der Waals surface area contributed by atoms with Gasteiger partial charge in [-0.3, -0.25) is 19.7 Å². The van der Waals surface area contributed by atoms with Crippen molar-refractivity contribution < 1.29 is 19.2 Å². The zero-order valence-corrected chi connectivity index (χ0v) is 12.8. The van der Waals surface area contributed by atoms with Crippen molar-refractivity contribution >= 4 is 40.8 Å². The van der Waals surface area contributed by atoms with Crippen molar-refractivity contribution in [2.45, 2.75) is 6.92 Å². The van der Waals surface area contributed by atoms with Crippen molar-refractivity contribution in [1.29, 1.82) is 0 Å². The van der Waals surface area contributed by atoms with Gasteiger partial charge in [-0.2, -0.15) is 0 Å². The highest BCUT2D eigenvalue weighted by Gasteiger charge is 2.23. The number of nitrogens with zero attached hydrogens (tertiary/aromatic N) is 2. The smallest absolute Gasteiger partial charge is 0.325 e. The van der Waals surface area contributed by atoms with Gasteiger partial charge < -0.3 is 9.64 Å². The summed E-state index contributed by atoms with van der Waals surface area (Å²) >= 11 is 11.7. The van der Waals surface area contributed by atoms with Crippen molar-refractivity contribution in [3.05, 3.63) is 37.9 Å². The van der Waals surface area contributed by atoms with Crippen LogP contribution in [0.5, 0.6) is 0 Å². The van der Waals surface area contributed by atoms with Gasteiger partial charge in [-0.25, -0.2) is 0 Å². The Morgan fingerprint density at radius 3 is 2.52 bits per heavy atom. The van der Waals surface area contributed by atoms with Gasteiger partial charge in [0, 0.05) is 19.2 Å². The van der Waals surface area contributed by atoms with E-state index in [-0.39, 0.29) is 34.4 Å². The molecule has 9 heteroatoms. The molecular formula is C12H12Cl2N2O5. The van der Waals surface area contributed by atoms with Gasteiger partial charge >= 0.3 is 5.97 Å². The van der Waals surface area contributed by atoms with Crippen LogP contribution in [0.25, 0.3) is 0 Å². The first kappa shape index (κ1) is 17.2. The number of rotatable bonds is 5. The first-order chi connectivity index (χ1) is 9.77. The molecule has 114 valence electrons. The standard InChI is InChI=1S/C12H12Cl2N2O5/c1-3-21-10(17)6-15(2)12(18)8-4-7(16(19)20)5-9(13)11(8)14/h4-5H,3,6H2,1-2H3. The average Bonchev–Trinajstić information content (AvgIpc) is 2.40. The van der Waals surface area contributed by atoms with E-state index in [1.165, 1.54) is 7.05 Å². The van der Waals surface area contributed by atoms with Crippen LogP contribution in [-0.4, -0.2) is 41.9 Å². The van der Waals surface area contributed by atoms with Crippen LogP contribution in [0.15, 0.2) is 12.1 Å². The van der Waals surface area contributed by atoms with Crippen LogP contribution >= 0.6 is 23.2 Å². The fourth-order valence-electron chi connectivity index (χ4n) is 1.51. The lowest BCUT2D eigenvalue weighted by molar-refractivity contribution is -0.384. The van der Waals surface area contributed by atoms with E-state index in [9.17, 15) is 19.7 Å². The Morgan fingerprint density at radius 2 is 2.00 bits per heavy atom. The summed E-state index contributed by atoms with van der Waals surface area (Å²) in [4.78, 5) is 34.6. The maximum absolute atomic E-state index is 12.2. The minimum absolute atomic E-state index is 0.108. The maximum Gasteiger partial charge on any atom is 0.325 e. The summed E-state index contributed by atoms with van der Waals surface area (Å²) in [5.74, 6) is -1.26. The fraction of sp³-hybridized carbons (Fsp3) is 0.333. The molecule has 0 bridgehead atoms. The third-order valence-electron chi connectivity index (χ3n) is 2.47. The molecule has 0 unspecified atom stereocenters. The SMILES string of the molecule is CCOC(=O)CN(C)C(=O)c1cc([N+](=O)[O-])cc(Cl)c1Cl. The molecule has 1 rings (SSSR count). The van der Waals surface area contributed by atoms with E-state index in [1.807, 2.05) is 0 Å². The zero-order chi connectivity index (χ0) is 16.2. The Labute approximate surface area is 130 Å². The Bertz CT molecular complexity index is 591. The molecular weight excluding hydrogens is 323 g/mol. The summed E-state index contributed by atoms with van der Waals surface area (Å²) in [5.41, 5.74) is -0.514. The zero-order valence-electron chi connectivity index (χ0n) is 11.3. The van der Waals surface area contributed by atoms with Crippen LogP contribution in [0.2, 0.25) is 10.0 Å². The van der Waals surface area contributed by atoms with E-state index < -0.39 is 16.8 Å². The van der Waals surface area contributed by atoms with E-state index in [2.05, 4.69) is 0 Å². The molecule has 0 fully saturated rings. The summed E-state index contributed by atoms with van der Waals surface area (Å²) in [6.07, 6.45) is 0. The first-order valence-corrected chi connectivity index (χ1v) is 6.58. The van der Waals surface area contributed by atoms with E-state index in [1.54, 1.807) is 6.92 Å². The minimum atomic E-state index is -0.690. The Kier molecular flexibility index (Phi) is 5.92. The minimum Gasteiger partial charge on any atom is -0.465 e. The summed E-state index contributed by atoms with van der Waals surface area (Å²) in [6.45, 7) is 1.52. The van der Waals surface area contributed by atoms with Gasteiger partial charge in [-0.05, 0) is 6.92 Å². The number of nitro benzene ring substituents is 1. The lowest BCUT2D eigenvalue weighted by atomic mass is 10.1. The number of likely N-dealkylation sites (N-methyl/N-ethyl adjacent to an activating group) is 1. The Balaban J connectivity index is 3.06. The van der Waals surface area contributed by atoms with Gasteiger partial charge in [0.05, 0.1) is 27.1 Å². The molecule has 0 aliphatic carbocycles. The second-order valence-corrected chi connectivity index (χ2v) is 4.80. The molecule has 0 N–H and O–H groups in total.